The molecular weight excluding hydrogens is 325 g/mol. The number of amides is 1. The van der Waals surface area contributed by atoms with E-state index in [0.29, 0.717) is 12.1 Å². The molecule has 0 bridgehead atoms. The fourth-order valence-corrected chi connectivity index (χ4v) is 2.45. The summed E-state index contributed by atoms with van der Waals surface area (Å²) in [4.78, 5) is 22.4. The number of morpholine rings is 1. The van der Waals surface area contributed by atoms with Gasteiger partial charge in [-0.2, -0.15) is 0 Å². The average Bonchev–Trinajstić information content (AvgIpc) is 2.65. The summed E-state index contributed by atoms with van der Waals surface area (Å²) in [6, 6.07) is 6.25. The Morgan fingerprint density at radius 3 is 2.64 bits per heavy atom. The van der Waals surface area contributed by atoms with E-state index in [9.17, 15) is 9.18 Å². The Morgan fingerprint density at radius 1 is 1.20 bits per heavy atom. The molecular formula is C17H20FN5O2. The van der Waals surface area contributed by atoms with Gasteiger partial charge in [-0.3, -0.25) is 9.69 Å². The standard InChI is InChI=1S/C17H20FN5O2/c18-14-3-1-2-4-15(14)22-17-20-11-13(12-21-17)16(24)19-5-6-23-7-9-25-10-8-23/h1-4,11-12H,5-10H2,(H,19,24)(H,20,21,22). The van der Waals surface area contributed by atoms with Crippen LogP contribution in [0.15, 0.2) is 36.7 Å². The van der Waals surface area contributed by atoms with Crippen LogP contribution in [-0.4, -0.2) is 60.2 Å². The number of hydrogen-bond donors (Lipinski definition) is 2. The maximum atomic E-state index is 13.6. The molecule has 132 valence electrons. The Bertz CT molecular complexity index is 704. The number of halogens is 1. The molecule has 1 aliphatic heterocycles. The van der Waals surface area contributed by atoms with E-state index in [-0.39, 0.29) is 17.5 Å². The van der Waals surface area contributed by atoms with Crippen LogP contribution < -0.4 is 10.6 Å². The van der Waals surface area contributed by atoms with Gasteiger partial charge in [0.1, 0.15) is 5.82 Å². The summed E-state index contributed by atoms with van der Waals surface area (Å²) in [6.07, 6.45) is 2.83. The molecule has 1 amide bonds. The lowest BCUT2D eigenvalue weighted by atomic mass is 10.3. The summed E-state index contributed by atoms with van der Waals surface area (Å²) in [5.41, 5.74) is 0.645. The topological polar surface area (TPSA) is 79.4 Å². The van der Waals surface area contributed by atoms with E-state index in [1.54, 1.807) is 18.2 Å². The van der Waals surface area contributed by atoms with E-state index in [4.69, 9.17) is 4.74 Å². The van der Waals surface area contributed by atoms with E-state index in [0.717, 1.165) is 32.8 Å². The fraction of sp³-hybridized carbons (Fsp3) is 0.353. The number of aromatic nitrogens is 2. The number of nitrogens with zero attached hydrogens (tertiary/aromatic N) is 3. The Balaban J connectivity index is 1.49. The van der Waals surface area contributed by atoms with E-state index in [1.165, 1.54) is 18.5 Å². The first-order valence-electron chi connectivity index (χ1n) is 8.14. The van der Waals surface area contributed by atoms with E-state index >= 15 is 0 Å². The largest absolute Gasteiger partial charge is 0.379 e. The van der Waals surface area contributed by atoms with Gasteiger partial charge in [-0.25, -0.2) is 14.4 Å². The Kier molecular flexibility index (Phi) is 5.86. The maximum Gasteiger partial charge on any atom is 0.254 e. The number of rotatable bonds is 6. The SMILES string of the molecule is O=C(NCCN1CCOCC1)c1cnc(Nc2ccccc2F)nc1. The zero-order chi connectivity index (χ0) is 17.5. The first kappa shape index (κ1) is 17.2. The molecule has 0 atom stereocenters. The van der Waals surface area contributed by atoms with Gasteiger partial charge in [0, 0.05) is 38.6 Å². The summed E-state index contributed by atoms with van der Waals surface area (Å²) in [5, 5.41) is 5.62. The molecule has 0 aliphatic carbocycles. The van der Waals surface area contributed by atoms with Crippen molar-refractivity contribution in [3.8, 4) is 0 Å². The number of anilines is 2. The lowest BCUT2D eigenvalue weighted by Crippen LogP contribution is -2.41. The van der Waals surface area contributed by atoms with Crippen molar-refractivity contribution in [2.45, 2.75) is 0 Å². The number of nitrogens with one attached hydrogen (secondary N) is 2. The Hall–Kier alpha value is -2.58. The molecule has 2 heterocycles. The minimum atomic E-state index is -0.393. The molecule has 25 heavy (non-hydrogen) atoms. The van der Waals surface area contributed by atoms with Gasteiger partial charge in [0.05, 0.1) is 24.5 Å². The van der Waals surface area contributed by atoms with Crippen LogP contribution in [0, 0.1) is 5.82 Å². The molecule has 3 rings (SSSR count). The van der Waals surface area contributed by atoms with E-state index in [2.05, 4.69) is 25.5 Å². The fourth-order valence-electron chi connectivity index (χ4n) is 2.45. The van der Waals surface area contributed by atoms with Crippen molar-refractivity contribution in [2.24, 2.45) is 0 Å². The van der Waals surface area contributed by atoms with Crippen LogP contribution in [0.4, 0.5) is 16.0 Å². The zero-order valence-electron chi connectivity index (χ0n) is 13.7. The van der Waals surface area contributed by atoms with Gasteiger partial charge in [-0.1, -0.05) is 12.1 Å². The third-order valence-electron chi connectivity index (χ3n) is 3.85. The normalized spacial score (nSPS) is 14.9. The molecule has 2 aromatic rings. The monoisotopic (exact) mass is 345 g/mol. The molecule has 1 aromatic carbocycles. The van der Waals surface area contributed by atoms with Crippen molar-refractivity contribution in [1.82, 2.24) is 20.2 Å². The number of para-hydroxylation sites is 1. The molecule has 0 radical (unpaired) electrons. The second-order valence-corrected chi connectivity index (χ2v) is 5.61. The second-order valence-electron chi connectivity index (χ2n) is 5.61. The maximum absolute atomic E-state index is 13.6. The number of hydrogen-bond acceptors (Lipinski definition) is 6. The smallest absolute Gasteiger partial charge is 0.254 e. The number of ether oxygens (including phenoxy) is 1. The molecule has 1 fully saturated rings. The number of carbonyl (C=O) groups is 1. The molecule has 0 unspecified atom stereocenters. The molecule has 1 saturated heterocycles. The third kappa shape index (κ3) is 4.94. The highest BCUT2D eigenvalue weighted by atomic mass is 19.1. The number of carbonyl (C=O) groups excluding carboxylic acids is 1. The third-order valence-corrected chi connectivity index (χ3v) is 3.85. The molecule has 8 heteroatoms. The van der Waals surface area contributed by atoms with Gasteiger partial charge < -0.3 is 15.4 Å². The quantitative estimate of drug-likeness (QED) is 0.824. The van der Waals surface area contributed by atoms with Crippen molar-refractivity contribution >= 4 is 17.5 Å². The zero-order valence-corrected chi connectivity index (χ0v) is 13.7. The van der Waals surface area contributed by atoms with Gasteiger partial charge in [-0.15, -0.1) is 0 Å². The van der Waals surface area contributed by atoms with Crippen LogP contribution in [0.3, 0.4) is 0 Å². The molecule has 0 saturated carbocycles. The van der Waals surface area contributed by atoms with Crippen molar-refractivity contribution in [3.63, 3.8) is 0 Å². The van der Waals surface area contributed by atoms with Crippen LogP contribution in [0.25, 0.3) is 0 Å². The summed E-state index contributed by atoms with van der Waals surface area (Å²) in [5.74, 6) is -0.392. The van der Waals surface area contributed by atoms with Crippen molar-refractivity contribution in [3.05, 3.63) is 48.0 Å². The Morgan fingerprint density at radius 2 is 1.92 bits per heavy atom. The van der Waals surface area contributed by atoms with Crippen LogP contribution in [-0.2, 0) is 4.74 Å². The van der Waals surface area contributed by atoms with E-state index in [1.807, 2.05) is 0 Å². The highest BCUT2D eigenvalue weighted by Gasteiger charge is 2.11. The van der Waals surface area contributed by atoms with Crippen LogP contribution in [0.5, 0.6) is 0 Å². The van der Waals surface area contributed by atoms with Gasteiger partial charge in [0.15, 0.2) is 0 Å². The first-order valence-corrected chi connectivity index (χ1v) is 8.14. The predicted molar refractivity (Wildman–Crippen MR) is 91.3 cm³/mol. The van der Waals surface area contributed by atoms with E-state index < -0.39 is 5.82 Å². The minimum Gasteiger partial charge on any atom is -0.379 e. The van der Waals surface area contributed by atoms with Crippen molar-refractivity contribution in [2.75, 3.05) is 44.7 Å². The molecule has 7 nitrogen and oxygen atoms in total. The summed E-state index contributed by atoms with van der Waals surface area (Å²) in [6.45, 7) is 4.57. The summed E-state index contributed by atoms with van der Waals surface area (Å²) >= 11 is 0. The summed E-state index contributed by atoms with van der Waals surface area (Å²) in [7, 11) is 0. The highest BCUT2D eigenvalue weighted by molar-refractivity contribution is 5.93. The molecule has 1 aliphatic rings. The number of benzene rings is 1. The molecule has 0 spiro atoms. The van der Waals surface area contributed by atoms with Gasteiger partial charge in [-0.05, 0) is 12.1 Å². The van der Waals surface area contributed by atoms with Gasteiger partial charge >= 0.3 is 0 Å². The van der Waals surface area contributed by atoms with Gasteiger partial charge in [0.2, 0.25) is 5.95 Å². The minimum absolute atomic E-state index is 0.231. The first-order chi connectivity index (χ1) is 12.2. The average molecular weight is 345 g/mol. The molecule has 2 N–H and O–H groups in total. The predicted octanol–water partition coefficient (Wildman–Crippen LogP) is 1.42. The second kappa shape index (κ2) is 8.50. The van der Waals surface area contributed by atoms with Crippen molar-refractivity contribution in [1.29, 1.82) is 0 Å². The molecule has 1 aromatic heterocycles. The lowest BCUT2D eigenvalue weighted by molar-refractivity contribution is 0.0383. The Labute approximate surface area is 145 Å². The van der Waals surface area contributed by atoms with Gasteiger partial charge in [0.25, 0.3) is 5.91 Å². The summed E-state index contributed by atoms with van der Waals surface area (Å²) < 4.78 is 18.9. The van der Waals surface area contributed by atoms with Crippen LogP contribution in [0.2, 0.25) is 0 Å². The lowest BCUT2D eigenvalue weighted by Gasteiger charge is -2.26. The van der Waals surface area contributed by atoms with Crippen LogP contribution in [0.1, 0.15) is 10.4 Å². The highest BCUT2D eigenvalue weighted by Crippen LogP contribution is 2.16. The van der Waals surface area contributed by atoms with Crippen LogP contribution >= 0.6 is 0 Å². The van der Waals surface area contributed by atoms with Crippen molar-refractivity contribution < 1.29 is 13.9 Å².